The van der Waals surface area contributed by atoms with E-state index >= 15 is 0 Å². The van der Waals surface area contributed by atoms with Gasteiger partial charge in [-0.05, 0) is 12.5 Å². The van der Waals surface area contributed by atoms with Crippen molar-refractivity contribution < 1.29 is 4.74 Å². The lowest BCUT2D eigenvalue weighted by Gasteiger charge is -2.33. The van der Waals surface area contributed by atoms with Gasteiger partial charge in [0.05, 0.1) is 12.7 Å². The highest BCUT2D eigenvalue weighted by atomic mass is 127. The van der Waals surface area contributed by atoms with E-state index in [1.165, 1.54) is 4.43 Å². The van der Waals surface area contributed by atoms with Crippen LogP contribution in [0.25, 0.3) is 0 Å². The molecule has 1 aliphatic heterocycles. The highest BCUT2D eigenvalue weighted by molar-refractivity contribution is 14.1. The summed E-state index contributed by atoms with van der Waals surface area (Å²) in [6.07, 6.45) is 0.373. The van der Waals surface area contributed by atoms with Crippen LogP contribution in [0.3, 0.4) is 0 Å². The van der Waals surface area contributed by atoms with E-state index in [0.29, 0.717) is 18.1 Å². The van der Waals surface area contributed by atoms with Gasteiger partial charge in [-0.1, -0.05) is 43.4 Å². The molecule has 4 heteroatoms. The number of hydrogen-bond donors (Lipinski definition) is 1. The van der Waals surface area contributed by atoms with Crippen molar-refractivity contribution >= 4 is 22.6 Å². The first-order chi connectivity index (χ1) is 7.67. The predicted molar refractivity (Wildman–Crippen MR) is 77.4 cm³/mol. The fourth-order valence-corrected chi connectivity index (χ4v) is 3.27. The lowest BCUT2D eigenvalue weighted by molar-refractivity contribution is -0.0265. The van der Waals surface area contributed by atoms with Crippen molar-refractivity contribution in [2.75, 3.05) is 37.2 Å². The fourth-order valence-electron chi connectivity index (χ4n) is 1.94. The van der Waals surface area contributed by atoms with Crippen LogP contribution in [-0.2, 0) is 4.74 Å². The number of hydrogen-bond acceptors (Lipinski definition) is 3. The molecule has 1 N–H and O–H groups in total. The van der Waals surface area contributed by atoms with Gasteiger partial charge in [-0.2, -0.15) is 0 Å². The van der Waals surface area contributed by atoms with Gasteiger partial charge in [-0.15, -0.1) is 0 Å². The van der Waals surface area contributed by atoms with Gasteiger partial charge in [0, 0.05) is 30.1 Å². The molecule has 0 spiro atoms. The lowest BCUT2D eigenvalue weighted by atomic mass is 10.1. The van der Waals surface area contributed by atoms with Crippen LogP contribution in [-0.4, -0.2) is 54.3 Å². The van der Waals surface area contributed by atoms with E-state index in [9.17, 15) is 0 Å². The third kappa shape index (κ3) is 4.85. The Hall–Kier alpha value is 0.610. The van der Waals surface area contributed by atoms with Crippen LogP contribution in [0.2, 0.25) is 0 Å². The molecule has 96 valence electrons. The molecule has 1 saturated heterocycles. The molecule has 2 unspecified atom stereocenters. The van der Waals surface area contributed by atoms with Gasteiger partial charge in [0.1, 0.15) is 0 Å². The minimum absolute atomic E-state index is 0.373. The molecule has 16 heavy (non-hydrogen) atoms. The molecule has 0 saturated carbocycles. The summed E-state index contributed by atoms with van der Waals surface area (Å²) in [4.78, 5) is 2.46. The number of ether oxygens (including phenoxy) is 1. The summed E-state index contributed by atoms with van der Waals surface area (Å²) < 4.78 is 6.94. The monoisotopic (exact) mass is 340 g/mol. The van der Waals surface area contributed by atoms with Crippen LogP contribution >= 0.6 is 22.6 Å². The van der Waals surface area contributed by atoms with Crippen LogP contribution in [0.1, 0.15) is 20.8 Å². The maximum atomic E-state index is 5.78. The zero-order valence-electron chi connectivity index (χ0n) is 10.7. The van der Waals surface area contributed by atoms with E-state index in [4.69, 9.17) is 4.74 Å². The fraction of sp³-hybridized carbons (Fsp3) is 1.00. The maximum Gasteiger partial charge on any atom is 0.0826 e. The Balaban J connectivity index is 2.25. The summed E-state index contributed by atoms with van der Waals surface area (Å²) in [6, 6.07) is 0.612. The molecule has 1 heterocycles. The Morgan fingerprint density at radius 2 is 2.25 bits per heavy atom. The van der Waals surface area contributed by atoms with E-state index in [2.05, 4.69) is 53.6 Å². The first-order valence-corrected chi connectivity index (χ1v) is 7.83. The zero-order chi connectivity index (χ0) is 12.0. The number of rotatable bonds is 6. The summed E-state index contributed by atoms with van der Waals surface area (Å²) in [7, 11) is 0. The Morgan fingerprint density at radius 3 is 2.81 bits per heavy atom. The molecule has 0 radical (unpaired) electrons. The average molecular weight is 340 g/mol. The molecule has 0 aromatic carbocycles. The molecular formula is C12H25IN2O. The molecule has 0 aromatic heterocycles. The van der Waals surface area contributed by atoms with Gasteiger partial charge in [0.15, 0.2) is 0 Å². The van der Waals surface area contributed by atoms with Gasteiger partial charge >= 0.3 is 0 Å². The van der Waals surface area contributed by atoms with Crippen LogP contribution in [0, 0.1) is 5.92 Å². The second kappa shape index (κ2) is 7.84. The van der Waals surface area contributed by atoms with Crippen molar-refractivity contribution in [2.24, 2.45) is 5.92 Å². The van der Waals surface area contributed by atoms with Crippen molar-refractivity contribution in [1.82, 2.24) is 10.2 Å². The Bertz CT molecular complexity index is 190. The minimum atomic E-state index is 0.373. The Labute approximate surface area is 113 Å². The van der Waals surface area contributed by atoms with Gasteiger partial charge in [-0.3, -0.25) is 4.90 Å². The smallest absolute Gasteiger partial charge is 0.0826 e. The van der Waals surface area contributed by atoms with E-state index in [-0.39, 0.29) is 0 Å². The molecule has 2 atom stereocenters. The van der Waals surface area contributed by atoms with Gasteiger partial charge in [0.25, 0.3) is 0 Å². The maximum absolute atomic E-state index is 5.78. The average Bonchev–Trinajstić information content (AvgIpc) is 2.29. The Kier molecular flexibility index (Phi) is 7.19. The number of halogens is 1. The molecule has 1 fully saturated rings. The first-order valence-electron chi connectivity index (χ1n) is 6.30. The second-order valence-corrected chi connectivity index (χ2v) is 5.68. The van der Waals surface area contributed by atoms with Gasteiger partial charge in [0.2, 0.25) is 0 Å². The first kappa shape index (κ1) is 14.7. The minimum Gasteiger partial charge on any atom is -0.374 e. The van der Waals surface area contributed by atoms with E-state index in [1.54, 1.807) is 0 Å². The topological polar surface area (TPSA) is 24.5 Å². The van der Waals surface area contributed by atoms with Crippen LogP contribution in [0.4, 0.5) is 0 Å². The molecule has 1 rings (SSSR count). The van der Waals surface area contributed by atoms with Crippen LogP contribution in [0.15, 0.2) is 0 Å². The molecular weight excluding hydrogens is 315 g/mol. The molecule has 0 bridgehead atoms. The highest BCUT2D eigenvalue weighted by Gasteiger charge is 2.20. The zero-order valence-corrected chi connectivity index (χ0v) is 12.9. The number of nitrogens with zero attached hydrogens (tertiary/aromatic N) is 1. The molecule has 0 aliphatic carbocycles. The quantitative estimate of drug-likeness (QED) is 0.589. The second-order valence-electron chi connectivity index (χ2n) is 4.80. The summed E-state index contributed by atoms with van der Waals surface area (Å²) >= 11 is 2.46. The molecule has 3 nitrogen and oxygen atoms in total. The number of alkyl halides is 1. The summed E-state index contributed by atoms with van der Waals surface area (Å²) in [5.41, 5.74) is 0. The SMILES string of the molecule is CCN1CCOC(CNC(CI)C(C)C)C1. The van der Waals surface area contributed by atoms with Crippen molar-refractivity contribution in [3.8, 4) is 0 Å². The number of likely N-dealkylation sites (N-methyl/N-ethyl adjacent to an activating group) is 1. The van der Waals surface area contributed by atoms with Crippen LogP contribution in [0.5, 0.6) is 0 Å². The van der Waals surface area contributed by atoms with E-state index in [1.807, 2.05) is 0 Å². The number of morpholine rings is 1. The normalized spacial score (nSPS) is 24.9. The van der Waals surface area contributed by atoms with Crippen molar-refractivity contribution in [3.05, 3.63) is 0 Å². The van der Waals surface area contributed by atoms with Gasteiger partial charge in [-0.25, -0.2) is 0 Å². The molecule has 0 amide bonds. The Morgan fingerprint density at radius 1 is 1.50 bits per heavy atom. The summed E-state index contributed by atoms with van der Waals surface area (Å²) in [5.74, 6) is 0.697. The number of nitrogens with one attached hydrogen (secondary N) is 1. The lowest BCUT2D eigenvalue weighted by Crippen LogP contribution is -2.49. The van der Waals surface area contributed by atoms with Crippen molar-refractivity contribution in [1.29, 1.82) is 0 Å². The summed E-state index contributed by atoms with van der Waals surface area (Å²) in [5, 5.41) is 3.62. The predicted octanol–water partition coefficient (Wildman–Crippen LogP) is 1.76. The van der Waals surface area contributed by atoms with Crippen molar-refractivity contribution in [3.63, 3.8) is 0 Å². The molecule has 1 aliphatic rings. The third-order valence-electron chi connectivity index (χ3n) is 3.25. The van der Waals surface area contributed by atoms with Crippen molar-refractivity contribution in [2.45, 2.75) is 32.9 Å². The van der Waals surface area contributed by atoms with E-state index < -0.39 is 0 Å². The highest BCUT2D eigenvalue weighted by Crippen LogP contribution is 2.08. The molecule has 0 aromatic rings. The largest absolute Gasteiger partial charge is 0.374 e. The standard InChI is InChI=1S/C12H25IN2O/c1-4-15-5-6-16-11(9-15)8-14-12(7-13)10(2)3/h10-12,14H,4-9H2,1-3H3. The van der Waals surface area contributed by atoms with Gasteiger partial charge < -0.3 is 10.1 Å². The van der Waals surface area contributed by atoms with E-state index in [0.717, 1.165) is 32.8 Å². The van der Waals surface area contributed by atoms with Crippen LogP contribution < -0.4 is 5.32 Å². The summed E-state index contributed by atoms with van der Waals surface area (Å²) in [6.45, 7) is 12.0. The third-order valence-corrected chi connectivity index (χ3v) is 4.20.